The van der Waals surface area contributed by atoms with Crippen molar-refractivity contribution in [3.05, 3.63) is 23.3 Å². The predicted octanol–water partition coefficient (Wildman–Crippen LogP) is 1.68. The largest absolute Gasteiger partial charge is 0.493 e. The van der Waals surface area contributed by atoms with Crippen LogP contribution >= 0.6 is 0 Å². The van der Waals surface area contributed by atoms with Crippen LogP contribution in [-0.2, 0) is 16.0 Å². The number of ether oxygens (including phenoxy) is 3. The lowest BCUT2D eigenvalue weighted by Gasteiger charge is -2.13. The number of nitriles is 1. The normalized spacial score (nSPS) is 9.44. The van der Waals surface area contributed by atoms with Gasteiger partial charge in [-0.2, -0.15) is 5.26 Å². The van der Waals surface area contributed by atoms with Crippen molar-refractivity contribution < 1.29 is 19.0 Å². The van der Waals surface area contributed by atoms with E-state index in [0.717, 1.165) is 0 Å². The van der Waals surface area contributed by atoms with Gasteiger partial charge in [0.15, 0.2) is 11.5 Å². The number of nitrogens with zero attached hydrogens (tertiary/aromatic N) is 1. The van der Waals surface area contributed by atoms with Gasteiger partial charge in [-0.3, -0.25) is 4.79 Å². The molecule has 1 aromatic rings. The van der Waals surface area contributed by atoms with E-state index in [4.69, 9.17) is 19.5 Å². The van der Waals surface area contributed by atoms with Gasteiger partial charge in [0.05, 0.1) is 32.8 Å². The number of esters is 1. The molecule has 0 amide bonds. The summed E-state index contributed by atoms with van der Waals surface area (Å²) in [5.41, 5.74) is 0.994. The van der Waals surface area contributed by atoms with Crippen LogP contribution in [0, 0.1) is 11.3 Å². The Balaban J connectivity index is 3.13. The summed E-state index contributed by atoms with van der Waals surface area (Å²) in [6, 6.07) is 5.26. The topological polar surface area (TPSA) is 68.6 Å². The summed E-state index contributed by atoms with van der Waals surface area (Å²) < 4.78 is 15.2. The molecule has 0 saturated heterocycles. The van der Waals surface area contributed by atoms with Crippen molar-refractivity contribution in [3.63, 3.8) is 0 Å². The smallest absolute Gasteiger partial charge is 0.310 e. The van der Waals surface area contributed by atoms with Gasteiger partial charge in [-0.1, -0.05) is 6.07 Å². The van der Waals surface area contributed by atoms with Gasteiger partial charge < -0.3 is 14.2 Å². The van der Waals surface area contributed by atoms with Crippen LogP contribution in [0.15, 0.2) is 12.1 Å². The number of hydrogen-bond donors (Lipinski definition) is 0. The lowest BCUT2D eigenvalue weighted by atomic mass is 10.1. The lowest BCUT2D eigenvalue weighted by molar-refractivity contribution is -0.142. The second kappa shape index (κ2) is 6.50. The molecule has 18 heavy (non-hydrogen) atoms. The molecule has 0 aromatic heterocycles. The Labute approximate surface area is 106 Å². The van der Waals surface area contributed by atoms with Crippen molar-refractivity contribution in [2.75, 3.05) is 20.8 Å². The third kappa shape index (κ3) is 2.92. The average molecular weight is 249 g/mol. The van der Waals surface area contributed by atoms with Crippen LogP contribution in [0.3, 0.4) is 0 Å². The van der Waals surface area contributed by atoms with Crippen LogP contribution in [0.4, 0.5) is 0 Å². The van der Waals surface area contributed by atoms with E-state index in [1.54, 1.807) is 19.1 Å². The summed E-state index contributed by atoms with van der Waals surface area (Å²) in [6.07, 6.45) is 0.0824. The highest BCUT2D eigenvalue weighted by molar-refractivity contribution is 5.74. The Morgan fingerprint density at radius 2 is 1.94 bits per heavy atom. The van der Waals surface area contributed by atoms with E-state index in [1.807, 2.05) is 6.07 Å². The number of rotatable bonds is 5. The van der Waals surface area contributed by atoms with Gasteiger partial charge in [0.25, 0.3) is 0 Å². The van der Waals surface area contributed by atoms with Crippen LogP contribution < -0.4 is 9.47 Å². The molecule has 1 rings (SSSR count). The minimum absolute atomic E-state index is 0.0824. The van der Waals surface area contributed by atoms with E-state index in [1.165, 1.54) is 14.2 Å². The van der Waals surface area contributed by atoms with E-state index >= 15 is 0 Å². The molecule has 1 aromatic carbocycles. The Hall–Kier alpha value is -2.22. The third-order valence-corrected chi connectivity index (χ3v) is 2.36. The molecule has 0 atom stereocenters. The molecular weight excluding hydrogens is 234 g/mol. The molecule has 0 saturated carbocycles. The second-order valence-corrected chi connectivity index (χ2v) is 3.43. The van der Waals surface area contributed by atoms with Gasteiger partial charge in [-0.25, -0.2) is 0 Å². The summed E-state index contributed by atoms with van der Waals surface area (Å²) in [7, 11) is 2.92. The first-order valence-electron chi connectivity index (χ1n) is 5.47. The molecular formula is C13H15NO4. The van der Waals surface area contributed by atoms with Crippen molar-refractivity contribution in [1.82, 2.24) is 0 Å². The minimum Gasteiger partial charge on any atom is -0.493 e. The zero-order valence-corrected chi connectivity index (χ0v) is 10.6. The molecule has 0 spiro atoms. The lowest BCUT2D eigenvalue weighted by Crippen LogP contribution is -2.09. The number of methoxy groups -OCH3 is 2. The van der Waals surface area contributed by atoms with Crippen molar-refractivity contribution in [3.8, 4) is 17.6 Å². The van der Waals surface area contributed by atoms with Crippen LogP contribution in [-0.4, -0.2) is 26.8 Å². The number of carbonyl (C=O) groups excluding carboxylic acids is 1. The summed E-state index contributed by atoms with van der Waals surface area (Å²) >= 11 is 0. The number of benzene rings is 1. The van der Waals surface area contributed by atoms with Crippen molar-refractivity contribution in [1.29, 1.82) is 5.26 Å². The SMILES string of the molecule is CCOC(=O)Cc1ccc(C#N)c(OC)c1OC. The summed E-state index contributed by atoms with van der Waals surface area (Å²) in [5, 5.41) is 8.95. The minimum atomic E-state index is -0.345. The highest BCUT2D eigenvalue weighted by atomic mass is 16.5. The van der Waals surface area contributed by atoms with Gasteiger partial charge in [-0.15, -0.1) is 0 Å². The third-order valence-electron chi connectivity index (χ3n) is 2.36. The maximum absolute atomic E-state index is 11.5. The van der Waals surface area contributed by atoms with Gasteiger partial charge in [0.1, 0.15) is 6.07 Å². The van der Waals surface area contributed by atoms with Crippen LogP contribution in [0.2, 0.25) is 0 Å². The number of hydrogen-bond acceptors (Lipinski definition) is 5. The van der Waals surface area contributed by atoms with Crippen molar-refractivity contribution in [2.45, 2.75) is 13.3 Å². The fraction of sp³-hybridized carbons (Fsp3) is 0.385. The molecule has 0 aliphatic carbocycles. The van der Waals surface area contributed by atoms with E-state index in [2.05, 4.69) is 0 Å². The molecule has 0 bridgehead atoms. The first kappa shape index (κ1) is 13.8. The first-order valence-corrected chi connectivity index (χ1v) is 5.47. The second-order valence-electron chi connectivity index (χ2n) is 3.43. The Morgan fingerprint density at radius 3 is 2.44 bits per heavy atom. The molecule has 0 heterocycles. The molecule has 0 fully saturated rings. The maximum atomic E-state index is 11.5. The van der Waals surface area contributed by atoms with Gasteiger partial charge in [0, 0.05) is 5.56 Å². The van der Waals surface area contributed by atoms with E-state index in [0.29, 0.717) is 29.2 Å². The Bertz CT molecular complexity index is 477. The molecule has 0 N–H and O–H groups in total. The van der Waals surface area contributed by atoms with E-state index in [-0.39, 0.29) is 12.4 Å². The van der Waals surface area contributed by atoms with Gasteiger partial charge in [-0.05, 0) is 13.0 Å². The van der Waals surface area contributed by atoms with Gasteiger partial charge in [0.2, 0.25) is 0 Å². The molecule has 5 heteroatoms. The standard InChI is InChI=1S/C13H15NO4/c1-4-18-11(15)7-9-5-6-10(8-14)13(17-3)12(9)16-2/h5-6H,4,7H2,1-3H3. The van der Waals surface area contributed by atoms with Crippen molar-refractivity contribution >= 4 is 5.97 Å². The molecule has 96 valence electrons. The van der Waals surface area contributed by atoms with E-state index in [9.17, 15) is 4.79 Å². The van der Waals surface area contributed by atoms with Crippen LogP contribution in [0.5, 0.6) is 11.5 Å². The predicted molar refractivity (Wildman–Crippen MR) is 64.6 cm³/mol. The van der Waals surface area contributed by atoms with Crippen LogP contribution in [0.1, 0.15) is 18.1 Å². The number of carbonyl (C=O) groups is 1. The van der Waals surface area contributed by atoms with Crippen LogP contribution in [0.25, 0.3) is 0 Å². The fourth-order valence-electron chi connectivity index (χ4n) is 1.62. The summed E-state index contributed by atoms with van der Waals surface area (Å²) in [4.78, 5) is 11.5. The average Bonchev–Trinajstić information content (AvgIpc) is 2.38. The molecule has 0 aliphatic rings. The maximum Gasteiger partial charge on any atom is 0.310 e. The fourth-order valence-corrected chi connectivity index (χ4v) is 1.62. The molecule has 0 unspecified atom stereocenters. The Kier molecular flexibility index (Phi) is 5.00. The quantitative estimate of drug-likeness (QED) is 0.742. The summed E-state index contributed by atoms with van der Waals surface area (Å²) in [5.74, 6) is 0.383. The van der Waals surface area contributed by atoms with Gasteiger partial charge >= 0.3 is 5.97 Å². The highest BCUT2D eigenvalue weighted by Gasteiger charge is 2.17. The zero-order chi connectivity index (χ0) is 13.5. The van der Waals surface area contributed by atoms with E-state index < -0.39 is 0 Å². The zero-order valence-electron chi connectivity index (χ0n) is 10.6. The monoisotopic (exact) mass is 249 g/mol. The first-order chi connectivity index (χ1) is 8.67. The highest BCUT2D eigenvalue weighted by Crippen LogP contribution is 2.34. The Morgan fingerprint density at radius 1 is 1.28 bits per heavy atom. The molecule has 0 radical (unpaired) electrons. The molecule has 5 nitrogen and oxygen atoms in total. The van der Waals surface area contributed by atoms with Crippen molar-refractivity contribution in [2.24, 2.45) is 0 Å². The molecule has 0 aliphatic heterocycles. The summed E-state index contributed by atoms with van der Waals surface area (Å²) in [6.45, 7) is 2.07.